The van der Waals surface area contributed by atoms with Crippen LogP contribution >= 0.6 is 0 Å². The zero-order valence-electron chi connectivity index (χ0n) is 20.4. The molecule has 1 amide bonds. The van der Waals surface area contributed by atoms with Crippen molar-refractivity contribution in [3.8, 4) is 23.0 Å². The molecule has 33 heavy (non-hydrogen) atoms. The second-order valence-electron chi connectivity index (χ2n) is 8.28. The molecule has 0 N–H and O–H groups in total. The number of carbonyl (C=O) groups excluding carboxylic acids is 1. The Morgan fingerprint density at radius 3 is 2.09 bits per heavy atom. The first-order valence-electron chi connectivity index (χ1n) is 11.5. The van der Waals surface area contributed by atoms with Gasteiger partial charge in [-0.2, -0.15) is 0 Å². The number of hydrogen-bond donors (Lipinski definition) is 0. The second-order valence-corrected chi connectivity index (χ2v) is 8.28. The first-order valence-corrected chi connectivity index (χ1v) is 11.5. The Bertz CT molecular complexity index is 903. The standard InChI is InChI=1S/C26H36N2O5/c1-6-7-26(29)28(21-8-9-24(32-4)25(16-21)33-5)20-10-12-27(13-11-20)18-19-14-22(30-2)17-23(15-19)31-3/h8-9,14-17,20H,6-7,10-13,18H2,1-5H3. The van der Waals surface area contributed by atoms with E-state index in [1.54, 1.807) is 28.4 Å². The van der Waals surface area contributed by atoms with Gasteiger partial charge in [-0.15, -0.1) is 0 Å². The second kappa shape index (κ2) is 11.8. The predicted octanol–water partition coefficient (Wildman–Crippen LogP) is 4.52. The van der Waals surface area contributed by atoms with Crippen LogP contribution in [0.25, 0.3) is 0 Å². The van der Waals surface area contributed by atoms with Crippen molar-refractivity contribution in [1.29, 1.82) is 0 Å². The van der Waals surface area contributed by atoms with Crippen molar-refractivity contribution in [3.63, 3.8) is 0 Å². The summed E-state index contributed by atoms with van der Waals surface area (Å²) in [6.07, 6.45) is 3.16. The molecule has 1 aliphatic rings. The molecule has 0 aliphatic carbocycles. The fraction of sp³-hybridized carbons (Fsp3) is 0.500. The van der Waals surface area contributed by atoms with E-state index in [2.05, 4.69) is 17.0 Å². The van der Waals surface area contributed by atoms with Crippen molar-refractivity contribution >= 4 is 11.6 Å². The minimum atomic E-state index is 0.151. The molecule has 0 unspecified atom stereocenters. The Morgan fingerprint density at radius 1 is 0.909 bits per heavy atom. The maximum atomic E-state index is 13.1. The van der Waals surface area contributed by atoms with Crippen LogP contribution < -0.4 is 23.8 Å². The van der Waals surface area contributed by atoms with Gasteiger partial charge in [-0.05, 0) is 49.1 Å². The van der Waals surface area contributed by atoms with Crippen molar-refractivity contribution in [3.05, 3.63) is 42.0 Å². The third-order valence-corrected chi connectivity index (χ3v) is 6.12. The van der Waals surface area contributed by atoms with Gasteiger partial charge in [0.05, 0.1) is 28.4 Å². The van der Waals surface area contributed by atoms with Gasteiger partial charge in [-0.3, -0.25) is 9.69 Å². The summed E-state index contributed by atoms with van der Waals surface area (Å²) in [6.45, 7) is 4.68. The SMILES string of the molecule is CCCC(=O)N(c1ccc(OC)c(OC)c1)C1CCN(Cc2cc(OC)cc(OC)c2)CC1. The summed E-state index contributed by atoms with van der Waals surface area (Å²) < 4.78 is 21.7. The molecule has 1 fully saturated rings. The van der Waals surface area contributed by atoms with Gasteiger partial charge in [-0.25, -0.2) is 0 Å². The van der Waals surface area contributed by atoms with E-state index in [1.165, 1.54) is 0 Å². The molecule has 3 rings (SSSR count). The van der Waals surface area contributed by atoms with E-state index < -0.39 is 0 Å². The quantitative estimate of drug-likeness (QED) is 0.524. The van der Waals surface area contributed by atoms with Crippen molar-refractivity contribution < 1.29 is 23.7 Å². The molecular weight excluding hydrogens is 420 g/mol. The molecule has 2 aromatic carbocycles. The molecule has 0 atom stereocenters. The molecule has 2 aromatic rings. The molecule has 1 aliphatic heterocycles. The van der Waals surface area contributed by atoms with E-state index in [-0.39, 0.29) is 11.9 Å². The van der Waals surface area contributed by atoms with Gasteiger partial charge >= 0.3 is 0 Å². The zero-order chi connectivity index (χ0) is 23.8. The van der Waals surface area contributed by atoms with Crippen LogP contribution in [0.2, 0.25) is 0 Å². The third kappa shape index (κ3) is 6.11. The van der Waals surface area contributed by atoms with E-state index in [0.717, 1.165) is 61.6 Å². The Labute approximate surface area is 197 Å². The fourth-order valence-electron chi connectivity index (χ4n) is 4.42. The van der Waals surface area contributed by atoms with Gasteiger partial charge in [0.15, 0.2) is 11.5 Å². The van der Waals surface area contributed by atoms with E-state index >= 15 is 0 Å². The van der Waals surface area contributed by atoms with Crippen LogP contribution in [0, 0.1) is 0 Å². The van der Waals surface area contributed by atoms with Crippen LogP contribution in [0.3, 0.4) is 0 Å². The van der Waals surface area contributed by atoms with Gasteiger partial charge < -0.3 is 23.8 Å². The van der Waals surface area contributed by atoms with Crippen LogP contribution in [0.15, 0.2) is 36.4 Å². The highest BCUT2D eigenvalue weighted by Crippen LogP contribution is 2.34. The molecule has 0 aromatic heterocycles. The minimum absolute atomic E-state index is 0.151. The molecule has 180 valence electrons. The number of amides is 1. The van der Waals surface area contributed by atoms with E-state index in [1.807, 2.05) is 36.1 Å². The van der Waals surface area contributed by atoms with Crippen LogP contribution in [0.4, 0.5) is 5.69 Å². The first-order chi connectivity index (χ1) is 16.0. The monoisotopic (exact) mass is 456 g/mol. The highest BCUT2D eigenvalue weighted by atomic mass is 16.5. The largest absolute Gasteiger partial charge is 0.497 e. The smallest absolute Gasteiger partial charge is 0.227 e. The molecule has 0 spiro atoms. The van der Waals surface area contributed by atoms with Gasteiger partial charge in [0.25, 0.3) is 0 Å². The summed E-state index contributed by atoms with van der Waals surface area (Å²) >= 11 is 0. The van der Waals surface area contributed by atoms with Gasteiger partial charge in [0.1, 0.15) is 11.5 Å². The highest BCUT2D eigenvalue weighted by Gasteiger charge is 2.29. The number of piperidine rings is 1. The van der Waals surface area contributed by atoms with E-state index in [4.69, 9.17) is 18.9 Å². The Hall–Kier alpha value is -2.93. The maximum Gasteiger partial charge on any atom is 0.227 e. The number of benzene rings is 2. The number of methoxy groups -OCH3 is 4. The van der Waals surface area contributed by atoms with Crippen LogP contribution in [-0.2, 0) is 11.3 Å². The average Bonchev–Trinajstić information content (AvgIpc) is 2.85. The lowest BCUT2D eigenvalue weighted by Crippen LogP contribution is -2.47. The Balaban J connectivity index is 1.73. The summed E-state index contributed by atoms with van der Waals surface area (Å²) in [5.41, 5.74) is 2.02. The molecule has 0 saturated carbocycles. The zero-order valence-corrected chi connectivity index (χ0v) is 20.4. The number of ether oxygens (including phenoxy) is 4. The summed E-state index contributed by atoms with van der Waals surface area (Å²) in [7, 11) is 6.57. The Kier molecular flexibility index (Phi) is 8.83. The molecule has 7 heteroatoms. The molecular formula is C26H36N2O5. The normalized spacial score (nSPS) is 14.6. The Morgan fingerprint density at radius 2 is 1.55 bits per heavy atom. The summed E-state index contributed by atoms with van der Waals surface area (Å²) in [6, 6.07) is 11.9. The number of nitrogens with zero attached hydrogens (tertiary/aromatic N) is 2. The molecule has 0 radical (unpaired) electrons. The van der Waals surface area contributed by atoms with Gasteiger partial charge in [0.2, 0.25) is 5.91 Å². The molecule has 0 bridgehead atoms. The average molecular weight is 457 g/mol. The number of hydrogen-bond acceptors (Lipinski definition) is 6. The van der Waals surface area contributed by atoms with Gasteiger partial charge in [-0.1, -0.05) is 6.92 Å². The number of likely N-dealkylation sites (tertiary alicyclic amines) is 1. The summed E-state index contributed by atoms with van der Waals surface area (Å²) in [5, 5.41) is 0. The van der Waals surface area contributed by atoms with Crippen molar-refractivity contribution in [2.45, 2.75) is 45.2 Å². The number of rotatable bonds is 10. The molecule has 1 heterocycles. The predicted molar refractivity (Wildman–Crippen MR) is 130 cm³/mol. The van der Waals surface area contributed by atoms with E-state index in [0.29, 0.717) is 17.9 Å². The summed E-state index contributed by atoms with van der Waals surface area (Å²) in [5.74, 6) is 3.04. The van der Waals surface area contributed by atoms with Crippen LogP contribution in [-0.4, -0.2) is 58.4 Å². The summed E-state index contributed by atoms with van der Waals surface area (Å²) in [4.78, 5) is 17.5. The topological polar surface area (TPSA) is 60.5 Å². The van der Waals surface area contributed by atoms with Crippen LogP contribution in [0.5, 0.6) is 23.0 Å². The fourth-order valence-corrected chi connectivity index (χ4v) is 4.42. The molecule has 7 nitrogen and oxygen atoms in total. The highest BCUT2D eigenvalue weighted by molar-refractivity contribution is 5.94. The van der Waals surface area contributed by atoms with Crippen molar-refractivity contribution in [2.24, 2.45) is 0 Å². The number of anilines is 1. The molecule has 1 saturated heterocycles. The van der Waals surface area contributed by atoms with Crippen molar-refractivity contribution in [1.82, 2.24) is 4.90 Å². The lowest BCUT2D eigenvalue weighted by molar-refractivity contribution is -0.119. The lowest BCUT2D eigenvalue weighted by atomic mass is 10.0. The number of carbonyl (C=O) groups is 1. The first kappa shape index (κ1) is 24.7. The lowest BCUT2D eigenvalue weighted by Gasteiger charge is -2.39. The van der Waals surface area contributed by atoms with Crippen LogP contribution in [0.1, 0.15) is 38.2 Å². The third-order valence-electron chi connectivity index (χ3n) is 6.12. The van der Waals surface area contributed by atoms with Gasteiger partial charge in [0, 0.05) is 49.9 Å². The van der Waals surface area contributed by atoms with Crippen molar-refractivity contribution in [2.75, 3.05) is 46.4 Å². The van der Waals surface area contributed by atoms with E-state index in [9.17, 15) is 4.79 Å². The maximum absolute atomic E-state index is 13.1. The minimum Gasteiger partial charge on any atom is -0.497 e.